The fourth-order valence-corrected chi connectivity index (χ4v) is 1.51. The van der Waals surface area contributed by atoms with Crippen molar-refractivity contribution in [3.8, 4) is 5.75 Å². The first-order valence-corrected chi connectivity index (χ1v) is 5.24. The summed E-state index contributed by atoms with van der Waals surface area (Å²) < 4.78 is 5.55. The van der Waals surface area contributed by atoms with E-state index in [4.69, 9.17) is 4.74 Å². The van der Waals surface area contributed by atoms with E-state index in [9.17, 15) is 5.11 Å². The van der Waals surface area contributed by atoms with Crippen LogP contribution in [-0.2, 0) is 18.0 Å². The Morgan fingerprint density at radius 2 is 1.50 bits per heavy atom. The molecule has 0 aliphatic heterocycles. The minimum atomic E-state index is 0.279. The van der Waals surface area contributed by atoms with E-state index in [1.165, 1.54) is 0 Å². The second-order valence-electron chi connectivity index (χ2n) is 3.65. The highest BCUT2D eigenvalue weighted by molar-refractivity contribution is 5.26. The second kappa shape index (κ2) is 5.33. The summed E-state index contributed by atoms with van der Waals surface area (Å²) in [7, 11) is 0. The lowest BCUT2D eigenvalue weighted by Gasteiger charge is -2.04. The van der Waals surface area contributed by atoms with Gasteiger partial charge in [-0.1, -0.05) is 42.5 Å². The highest BCUT2D eigenvalue weighted by atomic mass is 16.5. The summed E-state index contributed by atoms with van der Waals surface area (Å²) in [6, 6.07) is 17.1. The monoisotopic (exact) mass is 214 g/mol. The molecule has 2 aromatic carbocycles. The van der Waals surface area contributed by atoms with E-state index in [0.29, 0.717) is 13.2 Å². The lowest BCUT2D eigenvalue weighted by atomic mass is 10.2. The molecule has 0 aliphatic carbocycles. The number of aromatic hydroxyl groups is 1. The Morgan fingerprint density at radius 3 is 2.25 bits per heavy atom. The van der Waals surface area contributed by atoms with Gasteiger partial charge in [0, 0.05) is 0 Å². The average molecular weight is 214 g/mol. The number of phenols is 1. The predicted octanol–water partition coefficient (Wildman–Crippen LogP) is 3.11. The third-order valence-corrected chi connectivity index (χ3v) is 2.29. The molecule has 2 nitrogen and oxygen atoms in total. The highest BCUT2D eigenvalue weighted by Gasteiger charge is 1.95. The molecule has 16 heavy (non-hydrogen) atoms. The van der Waals surface area contributed by atoms with Gasteiger partial charge in [-0.3, -0.25) is 0 Å². The maximum atomic E-state index is 9.27. The van der Waals surface area contributed by atoms with Gasteiger partial charge in [0.1, 0.15) is 5.75 Å². The Balaban J connectivity index is 1.85. The Kier molecular flexibility index (Phi) is 3.57. The highest BCUT2D eigenvalue weighted by Crippen LogP contribution is 2.12. The van der Waals surface area contributed by atoms with E-state index < -0.39 is 0 Å². The van der Waals surface area contributed by atoms with Crippen LogP contribution in [0.4, 0.5) is 0 Å². The van der Waals surface area contributed by atoms with Crippen LogP contribution < -0.4 is 0 Å². The molecular formula is C14H14O2. The predicted molar refractivity (Wildman–Crippen MR) is 63.0 cm³/mol. The molecule has 2 heteroatoms. The van der Waals surface area contributed by atoms with Crippen LogP contribution in [0.25, 0.3) is 0 Å². The van der Waals surface area contributed by atoms with Gasteiger partial charge in [-0.2, -0.15) is 0 Å². The largest absolute Gasteiger partial charge is 0.508 e. The van der Waals surface area contributed by atoms with E-state index in [-0.39, 0.29) is 5.75 Å². The molecule has 0 heterocycles. The van der Waals surface area contributed by atoms with Crippen LogP contribution in [-0.4, -0.2) is 5.11 Å². The third kappa shape index (κ3) is 3.11. The molecule has 0 bridgehead atoms. The van der Waals surface area contributed by atoms with E-state index in [0.717, 1.165) is 11.1 Å². The summed E-state index contributed by atoms with van der Waals surface area (Å²) in [5.41, 5.74) is 2.14. The van der Waals surface area contributed by atoms with Crippen LogP contribution in [0.2, 0.25) is 0 Å². The molecule has 0 saturated carbocycles. The Morgan fingerprint density at radius 1 is 0.812 bits per heavy atom. The smallest absolute Gasteiger partial charge is 0.115 e. The number of ether oxygens (including phenoxy) is 1. The maximum Gasteiger partial charge on any atom is 0.115 e. The van der Waals surface area contributed by atoms with E-state index >= 15 is 0 Å². The molecule has 2 rings (SSSR count). The molecule has 82 valence electrons. The molecule has 0 atom stereocenters. The molecule has 2 aromatic rings. The molecule has 1 N–H and O–H groups in total. The van der Waals surface area contributed by atoms with Gasteiger partial charge in [-0.25, -0.2) is 0 Å². The minimum Gasteiger partial charge on any atom is -0.508 e. The van der Waals surface area contributed by atoms with E-state index in [1.54, 1.807) is 12.1 Å². The van der Waals surface area contributed by atoms with Crippen molar-refractivity contribution in [2.45, 2.75) is 13.2 Å². The first-order valence-electron chi connectivity index (χ1n) is 5.24. The summed E-state index contributed by atoms with van der Waals surface area (Å²) in [6.07, 6.45) is 0. The lowest BCUT2D eigenvalue weighted by Crippen LogP contribution is -1.93. The normalized spacial score (nSPS) is 10.2. The van der Waals surface area contributed by atoms with Gasteiger partial charge in [0.15, 0.2) is 0 Å². The average Bonchev–Trinajstić information content (AvgIpc) is 2.30. The second-order valence-corrected chi connectivity index (χ2v) is 3.65. The van der Waals surface area contributed by atoms with Gasteiger partial charge >= 0.3 is 0 Å². The van der Waals surface area contributed by atoms with Crippen LogP contribution in [0.5, 0.6) is 5.75 Å². The van der Waals surface area contributed by atoms with Gasteiger partial charge in [0.25, 0.3) is 0 Å². The van der Waals surface area contributed by atoms with Gasteiger partial charge in [-0.15, -0.1) is 0 Å². The van der Waals surface area contributed by atoms with Gasteiger partial charge in [0.2, 0.25) is 0 Å². The number of phenolic OH excluding ortho intramolecular Hbond substituents is 1. The van der Waals surface area contributed by atoms with Crippen LogP contribution >= 0.6 is 0 Å². The Labute approximate surface area is 95.1 Å². The molecule has 0 amide bonds. The number of hydrogen-bond donors (Lipinski definition) is 1. The number of hydrogen-bond acceptors (Lipinski definition) is 2. The van der Waals surface area contributed by atoms with Gasteiger partial charge in [0.05, 0.1) is 13.2 Å². The zero-order valence-corrected chi connectivity index (χ0v) is 8.97. The summed E-state index contributed by atoms with van der Waals surface area (Å²) >= 11 is 0. The number of rotatable bonds is 4. The first kappa shape index (κ1) is 10.7. The quantitative estimate of drug-likeness (QED) is 0.847. The summed E-state index contributed by atoms with van der Waals surface area (Å²) in [5.74, 6) is 0.279. The molecule has 0 saturated heterocycles. The number of benzene rings is 2. The molecular weight excluding hydrogens is 200 g/mol. The zero-order valence-electron chi connectivity index (χ0n) is 8.97. The van der Waals surface area contributed by atoms with Crippen molar-refractivity contribution in [1.82, 2.24) is 0 Å². The summed E-state index contributed by atoms with van der Waals surface area (Å²) in [4.78, 5) is 0. The lowest BCUT2D eigenvalue weighted by molar-refractivity contribution is 0.107. The van der Waals surface area contributed by atoms with Crippen molar-refractivity contribution in [2.24, 2.45) is 0 Å². The van der Waals surface area contributed by atoms with Crippen molar-refractivity contribution < 1.29 is 9.84 Å². The van der Waals surface area contributed by atoms with Crippen molar-refractivity contribution >= 4 is 0 Å². The zero-order chi connectivity index (χ0) is 11.2. The van der Waals surface area contributed by atoms with Crippen LogP contribution in [0.15, 0.2) is 54.6 Å². The van der Waals surface area contributed by atoms with Crippen LogP contribution in [0.3, 0.4) is 0 Å². The summed E-state index contributed by atoms with van der Waals surface area (Å²) in [6.45, 7) is 1.11. The van der Waals surface area contributed by atoms with Crippen molar-refractivity contribution in [3.05, 3.63) is 65.7 Å². The van der Waals surface area contributed by atoms with Crippen LogP contribution in [0, 0.1) is 0 Å². The first-order chi connectivity index (χ1) is 7.84. The molecule has 0 spiro atoms. The van der Waals surface area contributed by atoms with Gasteiger partial charge in [-0.05, 0) is 23.3 Å². The molecule has 0 unspecified atom stereocenters. The SMILES string of the molecule is Oc1cccc(COCc2ccccc2)c1. The molecule has 0 aliphatic rings. The fourth-order valence-electron chi connectivity index (χ4n) is 1.51. The Hall–Kier alpha value is -1.80. The van der Waals surface area contributed by atoms with Crippen molar-refractivity contribution in [2.75, 3.05) is 0 Å². The molecule has 0 fully saturated rings. The van der Waals surface area contributed by atoms with Crippen molar-refractivity contribution in [1.29, 1.82) is 0 Å². The van der Waals surface area contributed by atoms with E-state index in [1.807, 2.05) is 42.5 Å². The Bertz CT molecular complexity index is 437. The van der Waals surface area contributed by atoms with Crippen LogP contribution in [0.1, 0.15) is 11.1 Å². The topological polar surface area (TPSA) is 29.5 Å². The minimum absolute atomic E-state index is 0.279. The molecule has 0 radical (unpaired) electrons. The standard InChI is InChI=1S/C14H14O2/c15-14-8-4-7-13(9-14)11-16-10-12-5-2-1-3-6-12/h1-9,15H,10-11H2. The fraction of sp³-hybridized carbons (Fsp3) is 0.143. The summed E-state index contributed by atoms with van der Waals surface area (Å²) in [5, 5.41) is 9.27. The third-order valence-electron chi connectivity index (χ3n) is 2.29. The maximum absolute atomic E-state index is 9.27. The van der Waals surface area contributed by atoms with E-state index in [2.05, 4.69) is 0 Å². The van der Waals surface area contributed by atoms with Gasteiger partial charge < -0.3 is 9.84 Å². The molecule has 0 aromatic heterocycles. The van der Waals surface area contributed by atoms with Crippen molar-refractivity contribution in [3.63, 3.8) is 0 Å².